The van der Waals surface area contributed by atoms with Crippen molar-refractivity contribution in [1.82, 2.24) is 9.32 Å². The first-order chi connectivity index (χ1) is 5.63. The second-order valence-electron chi connectivity index (χ2n) is 2.60. The van der Waals surface area contributed by atoms with Crippen LogP contribution in [0.2, 0.25) is 0 Å². The molecule has 1 aliphatic heterocycles. The van der Waals surface area contributed by atoms with Gasteiger partial charge in [-0.05, 0) is 13.3 Å². The highest BCUT2D eigenvalue weighted by molar-refractivity contribution is 6.26. The van der Waals surface area contributed by atoms with Crippen molar-refractivity contribution in [2.75, 3.05) is 6.54 Å². The SMILES string of the molecule is CCC1C(=O)N(CC)C(=O)N1Cl. The maximum absolute atomic E-state index is 11.4. The van der Waals surface area contributed by atoms with Crippen molar-refractivity contribution in [3.8, 4) is 0 Å². The lowest BCUT2D eigenvalue weighted by Crippen LogP contribution is -2.30. The Labute approximate surface area is 76.2 Å². The number of hydrogen-bond donors (Lipinski definition) is 0. The largest absolute Gasteiger partial charge is 0.342 e. The minimum atomic E-state index is -0.473. The summed E-state index contributed by atoms with van der Waals surface area (Å²) in [5.41, 5.74) is 0. The van der Waals surface area contributed by atoms with Crippen LogP contribution >= 0.6 is 11.8 Å². The quantitative estimate of drug-likeness (QED) is 0.485. The van der Waals surface area contributed by atoms with Crippen LogP contribution in [-0.4, -0.2) is 33.8 Å². The summed E-state index contributed by atoms with van der Waals surface area (Å²) in [6, 6.07) is -0.880. The maximum atomic E-state index is 11.4. The average molecular weight is 191 g/mol. The minimum Gasteiger partial charge on any atom is -0.272 e. The Balaban J connectivity index is 2.85. The van der Waals surface area contributed by atoms with E-state index in [0.717, 1.165) is 9.32 Å². The molecule has 1 atom stereocenters. The van der Waals surface area contributed by atoms with Crippen LogP contribution in [0.3, 0.4) is 0 Å². The highest BCUT2D eigenvalue weighted by Gasteiger charge is 2.42. The van der Waals surface area contributed by atoms with Gasteiger partial charge in [-0.1, -0.05) is 6.92 Å². The van der Waals surface area contributed by atoms with E-state index >= 15 is 0 Å². The third kappa shape index (κ3) is 1.16. The number of halogens is 1. The lowest BCUT2D eigenvalue weighted by Gasteiger charge is -2.09. The van der Waals surface area contributed by atoms with Gasteiger partial charge in [0, 0.05) is 18.3 Å². The monoisotopic (exact) mass is 190 g/mol. The molecule has 0 bridgehead atoms. The van der Waals surface area contributed by atoms with E-state index in [0.29, 0.717) is 13.0 Å². The van der Waals surface area contributed by atoms with E-state index in [2.05, 4.69) is 0 Å². The van der Waals surface area contributed by atoms with Crippen LogP contribution in [0.25, 0.3) is 0 Å². The summed E-state index contributed by atoms with van der Waals surface area (Å²) in [5, 5.41) is 0. The molecular formula is C7H11ClN2O2. The summed E-state index contributed by atoms with van der Waals surface area (Å²) in [5.74, 6) is -0.194. The molecule has 1 aliphatic rings. The first-order valence-electron chi connectivity index (χ1n) is 3.93. The molecule has 12 heavy (non-hydrogen) atoms. The molecule has 4 nitrogen and oxygen atoms in total. The third-order valence-electron chi connectivity index (χ3n) is 1.94. The number of nitrogens with zero attached hydrogens (tertiary/aromatic N) is 2. The number of rotatable bonds is 2. The van der Waals surface area contributed by atoms with E-state index in [9.17, 15) is 9.59 Å². The molecule has 0 aromatic carbocycles. The number of carbonyl (C=O) groups excluding carboxylic acids is 2. The van der Waals surface area contributed by atoms with Gasteiger partial charge in [0.25, 0.3) is 5.91 Å². The van der Waals surface area contributed by atoms with Gasteiger partial charge in [0.2, 0.25) is 0 Å². The molecule has 3 amide bonds. The van der Waals surface area contributed by atoms with Crippen LogP contribution in [0.4, 0.5) is 4.79 Å². The Morgan fingerprint density at radius 3 is 2.25 bits per heavy atom. The van der Waals surface area contributed by atoms with E-state index in [1.54, 1.807) is 6.92 Å². The number of hydrogen-bond acceptors (Lipinski definition) is 2. The molecule has 0 N–H and O–H groups in total. The summed E-state index contributed by atoms with van der Waals surface area (Å²) >= 11 is 5.62. The van der Waals surface area contributed by atoms with Gasteiger partial charge in [-0.25, -0.2) is 9.21 Å². The van der Waals surface area contributed by atoms with Crippen molar-refractivity contribution in [2.45, 2.75) is 26.3 Å². The average Bonchev–Trinajstić information content (AvgIpc) is 2.25. The van der Waals surface area contributed by atoms with Crippen molar-refractivity contribution in [3.05, 3.63) is 0 Å². The van der Waals surface area contributed by atoms with Crippen LogP contribution in [0.1, 0.15) is 20.3 Å². The van der Waals surface area contributed by atoms with Gasteiger partial charge in [-0.15, -0.1) is 0 Å². The number of urea groups is 1. The topological polar surface area (TPSA) is 40.6 Å². The molecule has 0 aliphatic carbocycles. The predicted octanol–water partition coefficient (Wildman–Crippen LogP) is 1.20. The van der Waals surface area contributed by atoms with Crippen LogP contribution in [0.5, 0.6) is 0 Å². The van der Waals surface area contributed by atoms with Crippen LogP contribution in [-0.2, 0) is 4.79 Å². The number of carbonyl (C=O) groups is 2. The van der Waals surface area contributed by atoms with E-state index < -0.39 is 12.1 Å². The standard InChI is InChI=1S/C7H11ClN2O2/c1-3-5-6(11)9(4-2)7(12)10(5)8/h5H,3-4H2,1-2H3. The smallest absolute Gasteiger partial charge is 0.272 e. The molecule has 1 heterocycles. The zero-order valence-corrected chi connectivity index (χ0v) is 7.84. The summed E-state index contributed by atoms with van der Waals surface area (Å²) < 4.78 is 0.978. The Bertz CT molecular complexity index is 219. The van der Waals surface area contributed by atoms with Crippen molar-refractivity contribution >= 4 is 23.7 Å². The molecule has 0 saturated carbocycles. The fourth-order valence-corrected chi connectivity index (χ4v) is 1.56. The van der Waals surface area contributed by atoms with Crippen molar-refractivity contribution in [3.63, 3.8) is 0 Å². The first kappa shape index (κ1) is 9.32. The van der Waals surface area contributed by atoms with Crippen LogP contribution in [0.15, 0.2) is 0 Å². The molecule has 0 aromatic rings. The molecule has 0 aromatic heterocycles. The lowest BCUT2D eigenvalue weighted by molar-refractivity contribution is -0.127. The summed E-state index contributed by atoms with van der Waals surface area (Å²) in [7, 11) is 0. The van der Waals surface area contributed by atoms with Crippen molar-refractivity contribution in [1.29, 1.82) is 0 Å². The molecule has 1 rings (SSSR count). The summed E-state index contributed by atoms with van der Waals surface area (Å²) in [6.45, 7) is 3.96. The predicted molar refractivity (Wildman–Crippen MR) is 44.6 cm³/mol. The second kappa shape index (κ2) is 3.31. The second-order valence-corrected chi connectivity index (χ2v) is 2.96. The highest BCUT2D eigenvalue weighted by atomic mass is 35.5. The molecule has 1 fully saturated rings. The third-order valence-corrected chi connectivity index (χ3v) is 2.32. The van der Waals surface area contributed by atoms with Gasteiger partial charge in [0.15, 0.2) is 0 Å². The van der Waals surface area contributed by atoms with E-state index in [4.69, 9.17) is 11.8 Å². The Morgan fingerprint density at radius 2 is 2.00 bits per heavy atom. The van der Waals surface area contributed by atoms with E-state index in [1.165, 1.54) is 0 Å². The number of imide groups is 1. The Morgan fingerprint density at radius 1 is 1.42 bits per heavy atom. The van der Waals surface area contributed by atoms with Gasteiger partial charge in [0.1, 0.15) is 6.04 Å². The molecule has 1 saturated heterocycles. The summed E-state index contributed by atoms with van der Waals surface area (Å²) in [4.78, 5) is 23.7. The molecular weight excluding hydrogens is 180 g/mol. The maximum Gasteiger partial charge on any atom is 0.342 e. The van der Waals surface area contributed by atoms with Gasteiger partial charge in [-0.2, -0.15) is 0 Å². The van der Waals surface area contributed by atoms with Crippen molar-refractivity contribution < 1.29 is 9.59 Å². The molecule has 0 radical (unpaired) electrons. The lowest BCUT2D eigenvalue weighted by atomic mass is 10.2. The fourth-order valence-electron chi connectivity index (χ4n) is 1.25. The molecule has 68 valence electrons. The van der Waals surface area contributed by atoms with Crippen LogP contribution < -0.4 is 0 Å². The Hall–Kier alpha value is -0.770. The number of amides is 3. The fraction of sp³-hybridized carbons (Fsp3) is 0.714. The minimum absolute atomic E-state index is 0.194. The Kier molecular flexibility index (Phi) is 2.57. The molecule has 0 spiro atoms. The van der Waals surface area contributed by atoms with E-state index in [-0.39, 0.29) is 5.91 Å². The van der Waals surface area contributed by atoms with E-state index in [1.807, 2.05) is 6.92 Å². The zero-order valence-electron chi connectivity index (χ0n) is 7.08. The van der Waals surface area contributed by atoms with Gasteiger partial charge in [-0.3, -0.25) is 9.69 Å². The van der Waals surface area contributed by atoms with Crippen molar-refractivity contribution in [2.24, 2.45) is 0 Å². The van der Waals surface area contributed by atoms with Gasteiger partial charge in [0.05, 0.1) is 0 Å². The first-order valence-corrected chi connectivity index (χ1v) is 4.27. The molecule has 1 unspecified atom stereocenters. The normalized spacial score (nSPS) is 24.1. The van der Waals surface area contributed by atoms with Crippen LogP contribution in [0, 0.1) is 0 Å². The van der Waals surface area contributed by atoms with Gasteiger partial charge >= 0.3 is 6.03 Å². The highest BCUT2D eigenvalue weighted by Crippen LogP contribution is 2.21. The number of likely N-dealkylation sites (N-methyl/N-ethyl adjacent to an activating group) is 1. The van der Waals surface area contributed by atoms with Gasteiger partial charge < -0.3 is 0 Å². The molecule has 5 heteroatoms. The zero-order chi connectivity index (χ0) is 9.30. The summed E-state index contributed by atoms with van der Waals surface area (Å²) in [6.07, 6.45) is 0.560.